The number of rotatable bonds is 10. The van der Waals surface area contributed by atoms with E-state index in [2.05, 4.69) is 21.6 Å². The fourth-order valence-corrected chi connectivity index (χ4v) is 5.09. The van der Waals surface area contributed by atoms with Crippen LogP contribution >= 0.6 is 0 Å². The molecule has 2 aliphatic heterocycles. The molecule has 13 heteroatoms. The van der Waals surface area contributed by atoms with Crippen molar-refractivity contribution in [1.29, 1.82) is 0 Å². The third-order valence-corrected chi connectivity index (χ3v) is 7.62. The number of nitrogens with zero attached hydrogens (tertiary/aromatic N) is 2. The Morgan fingerprint density at radius 3 is 2.38 bits per heavy atom. The maximum Gasteiger partial charge on any atom is 0.278 e. The third kappa shape index (κ3) is 5.04. The molecule has 0 saturated carbocycles. The molecule has 1 unspecified atom stereocenters. The van der Waals surface area contributed by atoms with Crippen LogP contribution in [0.2, 0.25) is 0 Å². The SMILES string of the molecule is BC(C(=O)NC)(N1Cc2c(NCc3ccccc3CN3CCOCC3)cccc2C1=O)C(O)(O)C(O)(O)C=O. The zero-order chi connectivity index (χ0) is 28.4. The maximum atomic E-state index is 13.5. The van der Waals surface area contributed by atoms with Crippen molar-refractivity contribution in [2.24, 2.45) is 0 Å². The highest BCUT2D eigenvalue weighted by Crippen LogP contribution is 2.39. The predicted octanol–water partition coefficient (Wildman–Crippen LogP) is -2.28. The molecule has 12 nitrogen and oxygen atoms in total. The number of anilines is 1. The molecule has 2 aromatic rings. The van der Waals surface area contributed by atoms with Crippen molar-refractivity contribution in [2.75, 3.05) is 38.7 Å². The second kappa shape index (κ2) is 11.0. The minimum absolute atomic E-state index is 0.195. The normalized spacial score (nSPS) is 17.9. The van der Waals surface area contributed by atoms with Gasteiger partial charge in [-0.3, -0.25) is 19.3 Å². The van der Waals surface area contributed by atoms with Crippen molar-refractivity contribution in [1.82, 2.24) is 15.1 Å². The van der Waals surface area contributed by atoms with E-state index in [1.807, 2.05) is 18.2 Å². The van der Waals surface area contributed by atoms with Crippen molar-refractivity contribution in [3.8, 4) is 0 Å². The number of ether oxygens (including phenoxy) is 1. The number of aliphatic hydroxyl groups is 4. The number of amides is 2. The largest absolute Gasteiger partial charge is 0.381 e. The topological polar surface area (TPSA) is 172 Å². The molecular formula is C26H33BN4O8. The van der Waals surface area contributed by atoms with Crippen LogP contribution in [0.15, 0.2) is 42.5 Å². The number of carbonyl (C=O) groups excluding carboxylic acids is 3. The summed E-state index contributed by atoms with van der Waals surface area (Å²) in [5.74, 6) is -9.38. The molecule has 2 aromatic carbocycles. The lowest BCUT2D eigenvalue weighted by atomic mass is 9.65. The lowest BCUT2D eigenvalue weighted by molar-refractivity contribution is -0.352. The van der Waals surface area contributed by atoms with E-state index in [0.717, 1.165) is 43.5 Å². The Labute approximate surface area is 226 Å². The van der Waals surface area contributed by atoms with Crippen molar-refractivity contribution >= 4 is 31.6 Å². The fraction of sp³-hybridized carbons (Fsp3) is 0.423. The van der Waals surface area contributed by atoms with Crippen LogP contribution in [0.5, 0.6) is 0 Å². The van der Waals surface area contributed by atoms with Crippen LogP contribution in [0.25, 0.3) is 0 Å². The van der Waals surface area contributed by atoms with Gasteiger partial charge >= 0.3 is 0 Å². The van der Waals surface area contributed by atoms with Gasteiger partial charge in [-0.2, -0.15) is 0 Å². The van der Waals surface area contributed by atoms with Crippen molar-refractivity contribution in [3.05, 3.63) is 64.7 Å². The van der Waals surface area contributed by atoms with Gasteiger partial charge in [0.15, 0.2) is 14.1 Å². The summed E-state index contributed by atoms with van der Waals surface area (Å²) < 4.78 is 5.44. The molecule has 1 atom stereocenters. The number of morpholine rings is 1. The van der Waals surface area contributed by atoms with E-state index < -0.39 is 35.1 Å². The summed E-state index contributed by atoms with van der Waals surface area (Å²) in [6, 6.07) is 12.9. The average molecular weight is 540 g/mol. The van der Waals surface area contributed by atoms with Gasteiger partial charge in [-0.25, -0.2) is 0 Å². The van der Waals surface area contributed by atoms with E-state index in [1.54, 1.807) is 12.1 Å². The van der Waals surface area contributed by atoms with Gasteiger partial charge in [0, 0.05) is 56.6 Å². The molecule has 6 N–H and O–H groups in total. The first-order valence-corrected chi connectivity index (χ1v) is 12.6. The molecule has 0 bridgehead atoms. The molecule has 0 aromatic heterocycles. The van der Waals surface area contributed by atoms with E-state index in [-0.39, 0.29) is 12.1 Å². The summed E-state index contributed by atoms with van der Waals surface area (Å²) >= 11 is 0. The number of carbonyl (C=O) groups is 3. The van der Waals surface area contributed by atoms with Gasteiger partial charge in [0.1, 0.15) is 5.44 Å². The standard InChI is InChI=1S/C26H33BN4O8/c1-28-23(34)25(27,26(37,38)24(35,36)16-32)31-15-20-19(22(31)33)7-4-8-21(20)29-13-17-5-2-3-6-18(17)14-30-9-11-39-12-10-30/h2-8,16,29,35-38H,9-15,27H2,1H3,(H,28,34). The zero-order valence-corrected chi connectivity index (χ0v) is 21.9. The molecule has 0 aliphatic carbocycles. The Hall–Kier alpha value is -3.33. The first kappa shape index (κ1) is 28.7. The van der Waals surface area contributed by atoms with E-state index in [4.69, 9.17) is 4.74 Å². The van der Waals surface area contributed by atoms with Gasteiger partial charge < -0.3 is 40.7 Å². The van der Waals surface area contributed by atoms with Crippen LogP contribution in [0.1, 0.15) is 27.0 Å². The highest BCUT2D eigenvalue weighted by molar-refractivity contribution is 6.31. The molecule has 39 heavy (non-hydrogen) atoms. The Balaban J connectivity index is 1.61. The number of fused-ring (bicyclic) bond motifs is 1. The van der Waals surface area contributed by atoms with Gasteiger partial charge in [0.05, 0.1) is 13.2 Å². The summed E-state index contributed by atoms with van der Waals surface area (Å²) in [7, 11) is 2.14. The van der Waals surface area contributed by atoms with Gasteiger partial charge in [-0.1, -0.05) is 30.3 Å². The molecule has 1 fully saturated rings. The zero-order valence-electron chi connectivity index (χ0n) is 21.9. The van der Waals surface area contributed by atoms with Crippen molar-refractivity contribution in [3.63, 3.8) is 0 Å². The Kier molecular flexibility index (Phi) is 8.12. The molecule has 2 heterocycles. The molecule has 0 radical (unpaired) electrons. The Bertz CT molecular complexity index is 1250. The van der Waals surface area contributed by atoms with Gasteiger partial charge in [-0.15, -0.1) is 0 Å². The predicted molar refractivity (Wildman–Crippen MR) is 142 cm³/mol. The molecule has 2 amide bonds. The van der Waals surface area contributed by atoms with Gasteiger partial charge in [0.2, 0.25) is 5.91 Å². The van der Waals surface area contributed by atoms with Gasteiger partial charge in [-0.05, 0) is 23.3 Å². The minimum atomic E-state index is -3.76. The van der Waals surface area contributed by atoms with Gasteiger partial charge in [0.25, 0.3) is 17.5 Å². The second-order valence-corrected chi connectivity index (χ2v) is 9.90. The third-order valence-electron chi connectivity index (χ3n) is 7.62. The van der Waals surface area contributed by atoms with Crippen LogP contribution in [-0.4, -0.2) is 107 Å². The number of hydrogen-bond donors (Lipinski definition) is 6. The quantitative estimate of drug-likeness (QED) is 0.110. The maximum absolute atomic E-state index is 13.5. The fourth-order valence-electron chi connectivity index (χ4n) is 5.09. The number of nitrogens with one attached hydrogen (secondary N) is 2. The molecule has 1 saturated heterocycles. The van der Waals surface area contributed by atoms with Crippen LogP contribution in [0, 0.1) is 0 Å². The van der Waals surface area contributed by atoms with E-state index >= 15 is 0 Å². The monoisotopic (exact) mass is 540 g/mol. The number of hydrogen-bond acceptors (Lipinski definition) is 10. The first-order chi connectivity index (χ1) is 18.5. The molecule has 208 valence electrons. The lowest BCUT2D eigenvalue weighted by Crippen LogP contribution is -2.79. The van der Waals surface area contributed by atoms with E-state index in [9.17, 15) is 34.8 Å². The van der Waals surface area contributed by atoms with Crippen LogP contribution in [0.3, 0.4) is 0 Å². The average Bonchev–Trinajstić information content (AvgIpc) is 3.29. The van der Waals surface area contributed by atoms with E-state index in [0.29, 0.717) is 31.0 Å². The molecule has 4 rings (SSSR count). The second-order valence-electron chi connectivity index (χ2n) is 9.90. The summed E-state index contributed by atoms with van der Waals surface area (Å²) in [6.45, 7) is 4.01. The number of benzene rings is 2. The summed E-state index contributed by atoms with van der Waals surface area (Å²) in [5, 5.41) is 47.2. The molecule has 0 spiro atoms. The van der Waals surface area contributed by atoms with Crippen LogP contribution in [-0.2, 0) is 34.0 Å². The summed E-state index contributed by atoms with van der Waals surface area (Å²) in [4.78, 5) is 40.8. The highest BCUT2D eigenvalue weighted by atomic mass is 16.6. The molecule has 2 aliphatic rings. The van der Waals surface area contributed by atoms with E-state index in [1.165, 1.54) is 13.1 Å². The Morgan fingerprint density at radius 2 is 1.74 bits per heavy atom. The first-order valence-electron chi connectivity index (χ1n) is 12.6. The Morgan fingerprint density at radius 1 is 1.08 bits per heavy atom. The highest BCUT2D eigenvalue weighted by Gasteiger charge is 2.67. The number of aldehydes is 1. The van der Waals surface area contributed by atoms with Crippen LogP contribution in [0.4, 0.5) is 5.69 Å². The minimum Gasteiger partial charge on any atom is -0.381 e. The number of likely N-dealkylation sites (N-methyl/N-ethyl adjacent to an activating group) is 1. The lowest BCUT2D eigenvalue weighted by Gasteiger charge is -2.48. The van der Waals surface area contributed by atoms with Crippen LogP contribution < -0.4 is 10.6 Å². The summed E-state index contributed by atoms with van der Waals surface area (Å²) in [6.07, 6.45) is -0.511. The van der Waals surface area contributed by atoms with Crippen molar-refractivity contribution < 1.29 is 39.5 Å². The smallest absolute Gasteiger partial charge is 0.278 e. The van der Waals surface area contributed by atoms with Crippen molar-refractivity contribution in [2.45, 2.75) is 36.6 Å². The summed E-state index contributed by atoms with van der Waals surface area (Å²) in [5.41, 5.74) is 0.793. The molecular weight excluding hydrogens is 507 g/mol.